The third-order valence-electron chi connectivity index (χ3n) is 5.84. The number of pyridine rings is 1. The van der Waals surface area contributed by atoms with Crippen LogP contribution in [0.25, 0.3) is 0 Å². The van der Waals surface area contributed by atoms with Crippen molar-refractivity contribution in [3.8, 4) is 0 Å². The van der Waals surface area contributed by atoms with Gasteiger partial charge >= 0.3 is 6.18 Å². The van der Waals surface area contributed by atoms with Crippen LogP contribution in [0.15, 0.2) is 18.3 Å². The standard InChI is InChI=1S/C17H22F3N3O2S/c18-17(19,20)15-4-3-13(8-21-15)22-6-1-2-14(9-22)23-7-5-16(10-23)11-26(24,25)12-16/h3-4,8,14H,1-2,5-7,9-12H2/t14-/m0/s1. The van der Waals surface area contributed by atoms with Crippen LogP contribution in [0.4, 0.5) is 18.9 Å². The Kier molecular flexibility index (Phi) is 4.22. The minimum absolute atomic E-state index is 0.0585. The Hall–Kier alpha value is -1.35. The van der Waals surface area contributed by atoms with Gasteiger partial charge in [0.1, 0.15) is 5.69 Å². The van der Waals surface area contributed by atoms with Crippen LogP contribution < -0.4 is 4.90 Å². The molecule has 0 bridgehead atoms. The van der Waals surface area contributed by atoms with E-state index in [1.165, 1.54) is 12.3 Å². The smallest absolute Gasteiger partial charge is 0.369 e. The van der Waals surface area contributed by atoms with Gasteiger partial charge in [0, 0.05) is 31.1 Å². The number of nitrogens with zero attached hydrogens (tertiary/aromatic N) is 3. The van der Waals surface area contributed by atoms with Gasteiger partial charge in [0.15, 0.2) is 9.84 Å². The summed E-state index contributed by atoms with van der Waals surface area (Å²) in [6, 6.07) is 2.83. The summed E-state index contributed by atoms with van der Waals surface area (Å²) in [5, 5.41) is 0. The highest BCUT2D eigenvalue weighted by molar-refractivity contribution is 7.92. The maximum Gasteiger partial charge on any atom is 0.433 e. The highest BCUT2D eigenvalue weighted by Crippen LogP contribution is 2.42. The highest BCUT2D eigenvalue weighted by Gasteiger charge is 2.53. The minimum Gasteiger partial charge on any atom is -0.369 e. The molecule has 3 aliphatic heterocycles. The normalized spacial score (nSPS) is 28.3. The predicted molar refractivity (Wildman–Crippen MR) is 91.8 cm³/mol. The van der Waals surface area contributed by atoms with E-state index >= 15 is 0 Å². The largest absolute Gasteiger partial charge is 0.433 e. The number of halogens is 3. The second kappa shape index (κ2) is 6.09. The SMILES string of the molecule is O=S1(=O)CC2(CCN([C@H]3CCCN(c4ccc(C(F)(F)F)nc4)C3)C2)C1. The highest BCUT2D eigenvalue weighted by atomic mass is 32.2. The molecule has 0 aromatic carbocycles. The van der Waals surface area contributed by atoms with E-state index < -0.39 is 21.7 Å². The van der Waals surface area contributed by atoms with E-state index in [-0.39, 0.29) is 5.41 Å². The Morgan fingerprint density at radius 1 is 1.19 bits per heavy atom. The van der Waals surface area contributed by atoms with Crippen LogP contribution in [-0.2, 0) is 16.0 Å². The van der Waals surface area contributed by atoms with Crippen LogP contribution in [0.3, 0.4) is 0 Å². The maximum absolute atomic E-state index is 12.7. The number of alkyl halides is 3. The lowest BCUT2D eigenvalue weighted by Gasteiger charge is -2.41. The van der Waals surface area contributed by atoms with Crippen LogP contribution >= 0.6 is 0 Å². The third-order valence-corrected chi connectivity index (χ3v) is 7.94. The lowest BCUT2D eigenvalue weighted by atomic mass is 9.91. The Morgan fingerprint density at radius 3 is 2.58 bits per heavy atom. The van der Waals surface area contributed by atoms with Gasteiger partial charge in [-0.2, -0.15) is 13.2 Å². The first-order valence-electron chi connectivity index (χ1n) is 8.89. The molecule has 144 valence electrons. The number of piperidine rings is 1. The molecule has 9 heteroatoms. The molecular weight excluding hydrogens is 367 g/mol. The zero-order valence-electron chi connectivity index (χ0n) is 14.4. The first kappa shape index (κ1) is 18.0. The molecule has 0 unspecified atom stereocenters. The summed E-state index contributed by atoms with van der Waals surface area (Å²) in [7, 11) is -2.83. The molecule has 0 amide bonds. The number of sulfone groups is 1. The van der Waals surface area contributed by atoms with Crippen LogP contribution in [0.5, 0.6) is 0 Å². The lowest BCUT2D eigenvalue weighted by Crippen LogP contribution is -2.53. The number of hydrogen-bond acceptors (Lipinski definition) is 5. The summed E-state index contributed by atoms with van der Waals surface area (Å²) in [5.74, 6) is 0.603. The van der Waals surface area contributed by atoms with E-state index in [1.807, 2.05) is 0 Å². The second-order valence-corrected chi connectivity index (χ2v) is 9.96. The van der Waals surface area contributed by atoms with Crippen molar-refractivity contribution in [3.05, 3.63) is 24.0 Å². The fraction of sp³-hybridized carbons (Fsp3) is 0.706. The molecule has 1 atom stereocenters. The monoisotopic (exact) mass is 389 g/mol. The molecule has 26 heavy (non-hydrogen) atoms. The van der Waals surface area contributed by atoms with Gasteiger partial charge in [0.2, 0.25) is 0 Å². The summed E-state index contributed by atoms with van der Waals surface area (Å²) in [4.78, 5) is 8.02. The number of anilines is 1. The van der Waals surface area contributed by atoms with Gasteiger partial charge in [0.25, 0.3) is 0 Å². The number of hydrogen-bond donors (Lipinski definition) is 0. The van der Waals surface area contributed by atoms with Gasteiger partial charge in [0.05, 0.1) is 23.4 Å². The van der Waals surface area contributed by atoms with Crippen LogP contribution in [0.1, 0.15) is 25.0 Å². The fourth-order valence-corrected chi connectivity index (χ4v) is 6.89. The van der Waals surface area contributed by atoms with Crippen molar-refractivity contribution >= 4 is 15.5 Å². The average molecular weight is 389 g/mol. The van der Waals surface area contributed by atoms with Crippen LogP contribution in [-0.4, -0.2) is 62.0 Å². The van der Waals surface area contributed by atoms with Crippen molar-refractivity contribution < 1.29 is 21.6 Å². The average Bonchev–Trinajstić information content (AvgIpc) is 2.98. The Labute approximate surface area is 151 Å². The van der Waals surface area contributed by atoms with E-state index in [1.54, 1.807) is 0 Å². The molecule has 0 saturated carbocycles. The summed E-state index contributed by atoms with van der Waals surface area (Å²) < 4.78 is 61.1. The Bertz CT molecular complexity index is 767. The van der Waals surface area contributed by atoms with Crippen molar-refractivity contribution in [2.75, 3.05) is 42.6 Å². The molecule has 1 aromatic rings. The third kappa shape index (κ3) is 3.43. The first-order valence-corrected chi connectivity index (χ1v) is 10.7. The van der Waals surface area contributed by atoms with Gasteiger partial charge in [-0.1, -0.05) is 0 Å². The number of aromatic nitrogens is 1. The summed E-state index contributed by atoms with van der Waals surface area (Å²) in [6.07, 6.45) is -0.198. The molecule has 3 saturated heterocycles. The van der Waals surface area contributed by atoms with Crippen LogP contribution in [0, 0.1) is 5.41 Å². The van der Waals surface area contributed by atoms with Gasteiger partial charge in [-0.15, -0.1) is 0 Å². The van der Waals surface area contributed by atoms with Crippen molar-refractivity contribution in [3.63, 3.8) is 0 Å². The fourth-order valence-electron chi connectivity index (χ4n) is 4.64. The van der Waals surface area contributed by atoms with E-state index in [2.05, 4.69) is 14.8 Å². The maximum atomic E-state index is 12.7. The molecule has 1 spiro atoms. The lowest BCUT2D eigenvalue weighted by molar-refractivity contribution is -0.141. The van der Waals surface area contributed by atoms with Gasteiger partial charge in [-0.3, -0.25) is 4.90 Å². The van der Waals surface area contributed by atoms with Crippen molar-refractivity contribution in [1.29, 1.82) is 0 Å². The Balaban J connectivity index is 1.40. The number of likely N-dealkylation sites (tertiary alicyclic amines) is 1. The van der Waals surface area contributed by atoms with Gasteiger partial charge in [-0.25, -0.2) is 13.4 Å². The first-order chi connectivity index (χ1) is 12.2. The van der Waals surface area contributed by atoms with Crippen molar-refractivity contribution in [2.45, 2.75) is 31.5 Å². The zero-order valence-corrected chi connectivity index (χ0v) is 15.2. The van der Waals surface area contributed by atoms with Crippen molar-refractivity contribution in [1.82, 2.24) is 9.88 Å². The molecule has 3 aliphatic rings. The molecule has 0 aliphatic carbocycles. The molecule has 3 fully saturated rings. The zero-order chi connectivity index (χ0) is 18.6. The molecule has 4 rings (SSSR count). The molecule has 0 radical (unpaired) electrons. The summed E-state index contributed by atoms with van der Waals surface area (Å²) >= 11 is 0. The predicted octanol–water partition coefficient (Wildman–Crippen LogP) is 2.19. The Morgan fingerprint density at radius 2 is 1.96 bits per heavy atom. The van der Waals surface area contributed by atoms with Gasteiger partial charge < -0.3 is 4.90 Å². The van der Waals surface area contributed by atoms with Crippen LogP contribution in [0.2, 0.25) is 0 Å². The summed E-state index contributed by atoms with van der Waals surface area (Å²) in [6.45, 7) is 3.27. The minimum atomic E-state index is -4.42. The topological polar surface area (TPSA) is 53.5 Å². The second-order valence-electron chi connectivity index (χ2n) is 7.89. The molecule has 0 N–H and O–H groups in total. The molecule has 1 aromatic heterocycles. The van der Waals surface area contributed by atoms with Gasteiger partial charge in [-0.05, 0) is 37.9 Å². The molecule has 4 heterocycles. The molecule has 5 nitrogen and oxygen atoms in total. The molecular formula is C17H22F3N3O2S. The quantitative estimate of drug-likeness (QED) is 0.776. The van der Waals surface area contributed by atoms with E-state index in [0.29, 0.717) is 23.2 Å². The number of rotatable bonds is 2. The van der Waals surface area contributed by atoms with E-state index in [0.717, 1.165) is 51.5 Å². The van der Waals surface area contributed by atoms with E-state index in [4.69, 9.17) is 0 Å². The van der Waals surface area contributed by atoms with E-state index in [9.17, 15) is 21.6 Å². The van der Waals surface area contributed by atoms with Crippen molar-refractivity contribution in [2.24, 2.45) is 5.41 Å². The summed E-state index contributed by atoms with van der Waals surface area (Å²) in [5.41, 5.74) is -0.220.